The third-order valence-electron chi connectivity index (χ3n) is 3.94. The monoisotopic (exact) mass is 312 g/mol. The highest BCUT2D eigenvalue weighted by atomic mass is 16.6. The van der Waals surface area contributed by atoms with Gasteiger partial charge in [-0.1, -0.05) is 36.4 Å². The van der Waals surface area contributed by atoms with Gasteiger partial charge in [-0.2, -0.15) is 0 Å². The van der Waals surface area contributed by atoms with Crippen molar-refractivity contribution in [2.45, 2.75) is 39.0 Å². The van der Waals surface area contributed by atoms with Gasteiger partial charge in [0, 0.05) is 25.7 Å². The summed E-state index contributed by atoms with van der Waals surface area (Å²) in [5.74, 6) is 0. The lowest BCUT2D eigenvalue weighted by Crippen LogP contribution is -2.60. The third kappa shape index (κ3) is 4.02. The van der Waals surface area contributed by atoms with Gasteiger partial charge in [0.15, 0.2) is 0 Å². The fraction of sp³-hybridized carbons (Fsp3) is 0.421. The molecule has 2 aromatic rings. The molecule has 3 rings (SSSR count). The Kier molecular flexibility index (Phi) is 4.26. The molecule has 122 valence electrons. The molecule has 0 saturated carbocycles. The van der Waals surface area contributed by atoms with E-state index in [1.54, 1.807) is 4.90 Å². The zero-order chi connectivity index (χ0) is 16.4. The Hall–Kier alpha value is -2.07. The number of fused-ring (bicyclic) bond motifs is 1. The van der Waals surface area contributed by atoms with Gasteiger partial charge in [-0.15, -0.1) is 0 Å². The lowest BCUT2D eigenvalue weighted by Gasteiger charge is -2.40. The lowest BCUT2D eigenvalue weighted by atomic mass is 10.1. The van der Waals surface area contributed by atoms with Crippen molar-refractivity contribution in [3.05, 3.63) is 48.0 Å². The molecule has 0 aliphatic carbocycles. The summed E-state index contributed by atoms with van der Waals surface area (Å²) in [4.78, 5) is 13.6. The van der Waals surface area contributed by atoms with Crippen LogP contribution in [0.4, 0.5) is 4.79 Å². The Morgan fingerprint density at radius 3 is 2.57 bits per heavy atom. The summed E-state index contributed by atoms with van der Waals surface area (Å²) in [5, 5.41) is 6.02. The predicted molar refractivity (Wildman–Crippen MR) is 92.4 cm³/mol. The molecule has 1 amide bonds. The van der Waals surface area contributed by atoms with Gasteiger partial charge in [-0.05, 0) is 43.2 Å². The van der Waals surface area contributed by atoms with Crippen molar-refractivity contribution >= 4 is 16.9 Å². The number of nitrogens with one attached hydrogen (secondary N) is 1. The summed E-state index contributed by atoms with van der Waals surface area (Å²) in [6, 6.07) is 15.2. The first kappa shape index (κ1) is 15.8. The van der Waals surface area contributed by atoms with Crippen molar-refractivity contribution in [1.29, 1.82) is 0 Å². The first-order valence-electron chi connectivity index (χ1n) is 8.10. The van der Waals surface area contributed by atoms with Crippen molar-refractivity contribution in [3.8, 4) is 0 Å². The Labute approximate surface area is 137 Å². The van der Waals surface area contributed by atoms with Crippen LogP contribution in [0.15, 0.2) is 42.5 Å². The number of rotatable bonds is 3. The summed E-state index contributed by atoms with van der Waals surface area (Å²) in [5.41, 5.74) is 0.833. The molecular formula is C19H24N2O2. The Morgan fingerprint density at radius 2 is 1.87 bits per heavy atom. The number of benzene rings is 2. The Balaban J connectivity index is 1.48. The summed E-state index contributed by atoms with van der Waals surface area (Å²) >= 11 is 0. The summed E-state index contributed by atoms with van der Waals surface area (Å²) in [6.07, 6.45) is -0.221. The summed E-state index contributed by atoms with van der Waals surface area (Å²) in [6.45, 7) is 7.91. The Morgan fingerprint density at radius 1 is 1.17 bits per heavy atom. The van der Waals surface area contributed by atoms with Crippen LogP contribution in [0.2, 0.25) is 0 Å². The summed E-state index contributed by atoms with van der Waals surface area (Å²) < 4.78 is 5.36. The SMILES string of the molecule is CC(C)(C)OC(=O)N1CC(NCc2ccc3ccccc3c2)C1. The molecule has 1 aliphatic heterocycles. The lowest BCUT2D eigenvalue weighted by molar-refractivity contribution is 0.00519. The molecule has 0 atom stereocenters. The number of likely N-dealkylation sites (tertiary alicyclic amines) is 1. The molecule has 0 bridgehead atoms. The van der Waals surface area contributed by atoms with Crippen molar-refractivity contribution in [2.24, 2.45) is 0 Å². The standard InChI is InChI=1S/C19H24N2O2/c1-19(2,3)23-18(22)21-12-17(13-21)20-11-14-8-9-15-6-4-5-7-16(15)10-14/h4-10,17,20H,11-13H2,1-3H3. The van der Waals surface area contributed by atoms with E-state index in [0.717, 1.165) is 6.54 Å². The minimum atomic E-state index is -0.430. The van der Waals surface area contributed by atoms with Crippen LogP contribution in [-0.2, 0) is 11.3 Å². The second kappa shape index (κ2) is 6.20. The average molecular weight is 312 g/mol. The fourth-order valence-corrected chi connectivity index (χ4v) is 2.69. The van der Waals surface area contributed by atoms with Gasteiger partial charge in [0.25, 0.3) is 0 Å². The quantitative estimate of drug-likeness (QED) is 0.942. The van der Waals surface area contributed by atoms with Crippen LogP contribution in [0, 0.1) is 0 Å². The van der Waals surface area contributed by atoms with Gasteiger partial charge >= 0.3 is 6.09 Å². The zero-order valence-corrected chi connectivity index (χ0v) is 14.0. The van der Waals surface area contributed by atoms with Crippen LogP contribution in [-0.4, -0.2) is 35.7 Å². The van der Waals surface area contributed by atoms with Crippen LogP contribution in [0.3, 0.4) is 0 Å². The molecule has 0 aromatic heterocycles. The third-order valence-corrected chi connectivity index (χ3v) is 3.94. The number of hydrogen-bond acceptors (Lipinski definition) is 3. The van der Waals surface area contributed by atoms with E-state index in [0.29, 0.717) is 19.1 Å². The number of nitrogens with zero attached hydrogens (tertiary/aromatic N) is 1. The molecule has 1 aliphatic rings. The van der Waals surface area contributed by atoms with Crippen molar-refractivity contribution < 1.29 is 9.53 Å². The van der Waals surface area contributed by atoms with Crippen LogP contribution in [0.1, 0.15) is 26.3 Å². The molecular weight excluding hydrogens is 288 g/mol. The van der Waals surface area contributed by atoms with Gasteiger partial charge < -0.3 is 15.0 Å². The topological polar surface area (TPSA) is 41.6 Å². The highest BCUT2D eigenvalue weighted by Crippen LogP contribution is 2.17. The molecule has 4 heteroatoms. The van der Waals surface area contributed by atoms with Crippen molar-refractivity contribution in [1.82, 2.24) is 10.2 Å². The van der Waals surface area contributed by atoms with Crippen LogP contribution >= 0.6 is 0 Å². The molecule has 23 heavy (non-hydrogen) atoms. The van der Waals surface area contributed by atoms with E-state index in [-0.39, 0.29) is 6.09 Å². The van der Waals surface area contributed by atoms with Crippen LogP contribution < -0.4 is 5.32 Å². The highest BCUT2D eigenvalue weighted by molar-refractivity contribution is 5.82. The maximum absolute atomic E-state index is 11.9. The van der Waals surface area contributed by atoms with Crippen molar-refractivity contribution in [2.75, 3.05) is 13.1 Å². The first-order chi connectivity index (χ1) is 10.9. The smallest absolute Gasteiger partial charge is 0.410 e. The fourth-order valence-electron chi connectivity index (χ4n) is 2.69. The van der Waals surface area contributed by atoms with Gasteiger partial charge in [-0.25, -0.2) is 4.79 Å². The highest BCUT2D eigenvalue weighted by Gasteiger charge is 2.33. The van der Waals surface area contributed by atoms with E-state index in [9.17, 15) is 4.79 Å². The van der Waals surface area contributed by atoms with Crippen molar-refractivity contribution in [3.63, 3.8) is 0 Å². The van der Waals surface area contributed by atoms with Gasteiger partial charge in [0.05, 0.1) is 0 Å². The van der Waals surface area contributed by atoms with Crippen LogP contribution in [0.5, 0.6) is 0 Å². The van der Waals surface area contributed by atoms with E-state index in [4.69, 9.17) is 4.74 Å². The zero-order valence-electron chi connectivity index (χ0n) is 14.0. The number of carbonyl (C=O) groups excluding carboxylic acids is 1. The second-order valence-electron chi connectivity index (χ2n) is 7.14. The van der Waals surface area contributed by atoms with Crippen LogP contribution in [0.25, 0.3) is 10.8 Å². The molecule has 1 saturated heterocycles. The van der Waals surface area contributed by atoms with E-state index >= 15 is 0 Å². The maximum Gasteiger partial charge on any atom is 0.410 e. The van der Waals surface area contributed by atoms with Gasteiger partial charge in [0.2, 0.25) is 0 Å². The van der Waals surface area contributed by atoms with E-state index in [1.807, 2.05) is 20.8 Å². The van der Waals surface area contributed by atoms with Gasteiger partial charge in [-0.3, -0.25) is 0 Å². The predicted octanol–water partition coefficient (Wildman–Crippen LogP) is 3.55. The number of ether oxygens (including phenoxy) is 1. The van der Waals surface area contributed by atoms with E-state index in [1.165, 1.54) is 16.3 Å². The second-order valence-corrected chi connectivity index (χ2v) is 7.14. The average Bonchev–Trinajstić information content (AvgIpc) is 2.43. The molecule has 0 spiro atoms. The minimum absolute atomic E-state index is 0.221. The molecule has 1 fully saturated rings. The molecule has 4 nitrogen and oxygen atoms in total. The van der Waals surface area contributed by atoms with Gasteiger partial charge in [0.1, 0.15) is 5.60 Å². The van der Waals surface area contributed by atoms with E-state index in [2.05, 4.69) is 47.8 Å². The molecule has 1 N–H and O–H groups in total. The number of amides is 1. The first-order valence-corrected chi connectivity index (χ1v) is 8.10. The minimum Gasteiger partial charge on any atom is -0.444 e. The number of hydrogen-bond donors (Lipinski definition) is 1. The van der Waals surface area contributed by atoms with E-state index < -0.39 is 5.60 Å². The molecule has 0 unspecified atom stereocenters. The molecule has 1 heterocycles. The normalized spacial score (nSPS) is 15.5. The molecule has 2 aromatic carbocycles. The number of carbonyl (C=O) groups is 1. The largest absolute Gasteiger partial charge is 0.444 e. The summed E-state index contributed by atoms with van der Waals surface area (Å²) in [7, 11) is 0. The maximum atomic E-state index is 11.9. The molecule has 0 radical (unpaired) electrons. The Bertz CT molecular complexity index is 700.